The van der Waals surface area contributed by atoms with Crippen LogP contribution in [0.4, 0.5) is 5.82 Å². The molecule has 1 saturated carbocycles. The zero-order valence-electron chi connectivity index (χ0n) is 9.05. The second-order valence-corrected chi connectivity index (χ2v) is 4.09. The minimum Gasteiger partial charge on any atom is -0.370 e. The second kappa shape index (κ2) is 4.47. The number of aromatic amines is 1. The molecule has 2 N–H and O–H groups in total. The number of nitrogens with one attached hydrogen (secondary N) is 2. The summed E-state index contributed by atoms with van der Waals surface area (Å²) in [7, 11) is 0. The van der Waals surface area contributed by atoms with Crippen molar-refractivity contribution in [1.82, 2.24) is 9.97 Å². The average Bonchev–Trinajstić information content (AvgIpc) is 3.01. The third kappa shape index (κ3) is 3.08. The van der Waals surface area contributed by atoms with Gasteiger partial charge in [-0.15, -0.1) is 0 Å². The van der Waals surface area contributed by atoms with E-state index in [-0.39, 0.29) is 5.56 Å². The molecule has 82 valence electrons. The zero-order chi connectivity index (χ0) is 10.7. The molecule has 0 amide bonds. The maximum atomic E-state index is 11.2. The van der Waals surface area contributed by atoms with E-state index in [2.05, 4.69) is 15.3 Å². The van der Waals surface area contributed by atoms with E-state index in [4.69, 9.17) is 0 Å². The van der Waals surface area contributed by atoms with Crippen molar-refractivity contribution < 1.29 is 0 Å². The zero-order valence-corrected chi connectivity index (χ0v) is 9.05. The predicted octanol–water partition coefficient (Wildman–Crippen LogP) is 1.54. The van der Waals surface area contributed by atoms with Crippen molar-refractivity contribution in [2.24, 2.45) is 5.92 Å². The molecular weight excluding hydrogens is 190 g/mol. The molecule has 2 rings (SSSR count). The average molecular weight is 207 g/mol. The molecule has 0 bridgehead atoms. The number of hydrogen-bond donors (Lipinski definition) is 2. The van der Waals surface area contributed by atoms with Crippen molar-refractivity contribution in [3.8, 4) is 0 Å². The first-order chi connectivity index (χ1) is 7.28. The SMILES string of the molecule is CCc1nc(NCCC2CC2)cc(=O)[nH]1. The minimum atomic E-state index is -0.0734. The van der Waals surface area contributed by atoms with Crippen LogP contribution < -0.4 is 10.9 Å². The van der Waals surface area contributed by atoms with Crippen LogP contribution in [0.3, 0.4) is 0 Å². The summed E-state index contributed by atoms with van der Waals surface area (Å²) >= 11 is 0. The predicted molar refractivity (Wildman–Crippen MR) is 60.1 cm³/mol. The third-order valence-corrected chi connectivity index (χ3v) is 2.68. The molecule has 1 fully saturated rings. The lowest BCUT2D eigenvalue weighted by Crippen LogP contribution is -2.14. The molecule has 1 heterocycles. The van der Waals surface area contributed by atoms with E-state index in [0.29, 0.717) is 5.82 Å². The molecule has 1 aliphatic carbocycles. The molecule has 0 spiro atoms. The summed E-state index contributed by atoms with van der Waals surface area (Å²) in [4.78, 5) is 18.2. The minimum absolute atomic E-state index is 0.0734. The second-order valence-electron chi connectivity index (χ2n) is 4.09. The van der Waals surface area contributed by atoms with E-state index in [1.807, 2.05) is 6.92 Å². The molecule has 0 atom stereocenters. The number of aryl methyl sites for hydroxylation is 1. The summed E-state index contributed by atoms with van der Waals surface area (Å²) < 4.78 is 0. The van der Waals surface area contributed by atoms with E-state index in [9.17, 15) is 4.79 Å². The van der Waals surface area contributed by atoms with Gasteiger partial charge < -0.3 is 10.3 Å². The highest BCUT2D eigenvalue weighted by Crippen LogP contribution is 2.31. The molecule has 0 radical (unpaired) electrons. The fourth-order valence-electron chi connectivity index (χ4n) is 1.58. The van der Waals surface area contributed by atoms with Gasteiger partial charge in [-0.1, -0.05) is 19.8 Å². The van der Waals surface area contributed by atoms with Crippen LogP contribution in [0.5, 0.6) is 0 Å². The van der Waals surface area contributed by atoms with Gasteiger partial charge in [0.1, 0.15) is 11.6 Å². The summed E-state index contributed by atoms with van der Waals surface area (Å²) in [6.45, 7) is 2.90. The van der Waals surface area contributed by atoms with Crippen molar-refractivity contribution in [3.05, 3.63) is 22.2 Å². The Balaban J connectivity index is 1.93. The Labute approximate surface area is 89.1 Å². The number of aromatic nitrogens is 2. The van der Waals surface area contributed by atoms with Crippen molar-refractivity contribution >= 4 is 5.82 Å². The number of hydrogen-bond acceptors (Lipinski definition) is 3. The number of rotatable bonds is 5. The maximum Gasteiger partial charge on any atom is 0.252 e. The van der Waals surface area contributed by atoms with Gasteiger partial charge in [-0.05, 0) is 12.3 Å². The van der Waals surface area contributed by atoms with Crippen LogP contribution in [0.1, 0.15) is 32.0 Å². The third-order valence-electron chi connectivity index (χ3n) is 2.68. The van der Waals surface area contributed by atoms with Gasteiger partial charge in [0.25, 0.3) is 5.56 Å². The highest BCUT2D eigenvalue weighted by atomic mass is 16.1. The topological polar surface area (TPSA) is 57.8 Å². The smallest absolute Gasteiger partial charge is 0.252 e. The highest BCUT2D eigenvalue weighted by Gasteiger charge is 2.20. The molecule has 0 saturated heterocycles. The van der Waals surface area contributed by atoms with Crippen LogP contribution in [-0.4, -0.2) is 16.5 Å². The van der Waals surface area contributed by atoms with Crippen molar-refractivity contribution in [2.45, 2.75) is 32.6 Å². The first kappa shape index (κ1) is 10.2. The van der Waals surface area contributed by atoms with Gasteiger partial charge in [0, 0.05) is 19.0 Å². The molecule has 4 nitrogen and oxygen atoms in total. The molecule has 1 aromatic rings. The van der Waals surface area contributed by atoms with Gasteiger partial charge in [-0.3, -0.25) is 4.79 Å². The van der Waals surface area contributed by atoms with E-state index in [1.54, 1.807) is 0 Å². The fourth-order valence-corrected chi connectivity index (χ4v) is 1.58. The van der Waals surface area contributed by atoms with Gasteiger partial charge in [-0.25, -0.2) is 4.98 Å². The normalized spacial score (nSPS) is 15.3. The molecule has 15 heavy (non-hydrogen) atoms. The van der Waals surface area contributed by atoms with Crippen molar-refractivity contribution in [3.63, 3.8) is 0 Å². The molecule has 0 unspecified atom stereocenters. The van der Waals surface area contributed by atoms with Crippen LogP contribution in [-0.2, 0) is 6.42 Å². The van der Waals surface area contributed by atoms with E-state index in [1.165, 1.54) is 25.3 Å². The standard InChI is InChI=1S/C11H17N3O/c1-2-9-13-10(7-11(15)14-9)12-6-5-8-3-4-8/h7-8H,2-6H2,1H3,(H2,12,13,14,15). The first-order valence-electron chi connectivity index (χ1n) is 5.62. The first-order valence-corrected chi connectivity index (χ1v) is 5.62. The molecular formula is C11H17N3O. The Bertz CT molecular complexity index is 382. The largest absolute Gasteiger partial charge is 0.370 e. The van der Waals surface area contributed by atoms with Crippen LogP contribution in [0.15, 0.2) is 10.9 Å². The number of nitrogens with zero attached hydrogens (tertiary/aromatic N) is 1. The summed E-state index contributed by atoms with van der Waals surface area (Å²) in [5, 5.41) is 3.20. The Kier molecular flexibility index (Phi) is 3.04. The van der Waals surface area contributed by atoms with Crippen LogP contribution >= 0.6 is 0 Å². The lowest BCUT2D eigenvalue weighted by atomic mass is 10.3. The fraction of sp³-hybridized carbons (Fsp3) is 0.636. The highest BCUT2D eigenvalue weighted by molar-refractivity contribution is 5.32. The Morgan fingerprint density at radius 1 is 1.60 bits per heavy atom. The van der Waals surface area contributed by atoms with E-state index < -0.39 is 0 Å². The summed E-state index contributed by atoms with van der Waals surface area (Å²) in [6.07, 6.45) is 4.68. The summed E-state index contributed by atoms with van der Waals surface area (Å²) in [5.74, 6) is 2.36. The van der Waals surface area contributed by atoms with E-state index >= 15 is 0 Å². The quantitative estimate of drug-likeness (QED) is 0.770. The Morgan fingerprint density at radius 2 is 2.40 bits per heavy atom. The summed E-state index contributed by atoms with van der Waals surface area (Å²) in [6, 6.07) is 1.52. The molecule has 4 heteroatoms. The van der Waals surface area contributed by atoms with Gasteiger partial charge in [0.2, 0.25) is 0 Å². The lowest BCUT2D eigenvalue weighted by molar-refractivity contribution is 0.756. The Morgan fingerprint density at radius 3 is 3.07 bits per heavy atom. The monoisotopic (exact) mass is 207 g/mol. The molecule has 0 aliphatic heterocycles. The van der Waals surface area contributed by atoms with Crippen LogP contribution in [0, 0.1) is 5.92 Å². The van der Waals surface area contributed by atoms with E-state index in [0.717, 1.165) is 24.7 Å². The van der Waals surface area contributed by atoms with Gasteiger partial charge in [0.15, 0.2) is 0 Å². The van der Waals surface area contributed by atoms with Gasteiger partial charge in [-0.2, -0.15) is 0 Å². The van der Waals surface area contributed by atoms with Gasteiger partial charge >= 0.3 is 0 Å². The lowest BCUT2D eigenvalue weighted by Gasteiger charge is -2.05. The number of H-pyrrole nitrogens is 1. The van der Waals surface area contributed by atoms with Gasteiger partial charge in [0.05, 0.1) is 0 Å². The maximum absolute atomic E-state index is 11.2. The van der Waals surface area contributed by atoms with Crippen LogP contribution in [0.25, 0.3) is 0 Å². The Hall–Kier alpha value is -1.32. The molecule has 1 aliphatic rings. The number of anilines is 1. The molecule has 1 aromatic heterocycles. The summed E-state index contributed by atoms with van der Waals surface area (Å²) in [5.41, 5.74) is -0.0734. The van der Waals surface area contributed by atoms with Crippen LogP contribution in [0.2, 0.25) is 0 Å². The molecule has 0 aromatic carbocycles. The van der Waals surface area contributed by atoms with Crippen molar-refractivity contribution in [2.75, 3.05) is 11.9 Å². The van der Waals surface area contributed by atoms with Crippen molar-refractivity contribution in [1.29, 1.82) is 0 Å².